The first-order valence-corrected chi connectivity index (χ1v) is 5.12. The number of rotatable bonds is 3. The third kappa shape index (κ3) is 2.84. The standard InChI is InChI=1S/C12H10F3NO2/c13-12(14,15)18-9-3-1-2-8(6-9)10-4-5-17-11(10)7-16/h1-6H,7,16H2. The molecule has 96 valence electrons. The zero-order valence-corrected chi connectivity index (χ0v) is 9.20. The van der Waals surface area contributed by atoms with Crippen LogP contribution in [0.2, 0.25) is 0 Å². The fourth-order valence-electron chi connectivity index (χ4n) is 1.62. The van der Waals surface area contributed by atoms with Crippen molar-refractivity contribution < 1.29 is 22.3 Å². The van der Waals surface area contributed by atoms with Crippen LogP contribution in [-0.4, -0.2) is 6.36 Å². The Kier molecular flexibility index (Phi) is 3.29. The molecule has 1 heterocycles. The predicted octanol–water partition coefficient (Wildman–Crippen LogP) is 3.30. The Bertz CT molecular complexity index is 534. The first kappa shape index (κ1) is 12.5. The summed E-state index contributed by atoms with van der Waals surface area (Å²) in [6, 6.07) is 7.31. The molecule has 3 nitrogen and oxygen atoms in total. The molecule has 1 aromatic carbocycles. The summed E-state index contributed by atoms with van der Waals surface area (Å²) in [5, 5.41) is 0. The average molecular weight is 257 g/mol. The summed E-state index contributed by atoms with van der Waals surface area (Å²) in [5.41, 5.74) is 6.69. The molecule has 0 saturated carbocycles. The summed E-state index contributed by atoms with van der Waals surface area (Å²) in [6.07, 6.45) is -3.26. The lowest BCUT2D eigenvalue weighted by atomic mass is 10.1. The quantitative estimate of drug-likeness (QED) is 0.917. The monoisotopic (exact) mass is 257 g/mol. The molecule has 2 N–H and O–H groups in total. The third-order valence-electron chi connectivity index (χ3n) is 2.31. The number of alkyl halides is 3. The van der Waals surface area contributed by atoms with Crippen LogP contribution in [0.5, 0.6) is 5.75 Å². The highest BCUT2D eigenvalue weighted by molar-refractivity contribution is 5.66. The lowest BCUT2D eigenvalue weighted by molar-refractivity contribution is -0.274. The Balaban J connectivity index is 2.33. The molecule has 2 rings (SSSR count). The Hall–Kier alpha value is -1.95. The van der Waals surface area contributed by atoms with E-state index in [1.165, 1.54) is 24.5 Å². The van der Waals surface area contributed by atoms with Crippen LogP contribution >= 0.6 is 0 Å². The van der Waals surface area contributed by atoms with Crippen LogP contribution in [0.25, 0.3) is 11.1 Å². The molecule has 18 heavy (non-hydrogen) atoms. The van der Waals surface area contributed by atoms with Gasteiger partial charge in [0.1, 0.15) is 11.5 Å². The Labute approximate surface area is 101 Å². The van der Waals surface area contributed by atoms with Gasteiger partial charge in [0.15, 0.2) is 0 Å². The van der Waals surface area contributed by atoms with Crippen molar-refractivity contribution in [2.75, 3.05) is 0 Å². The van der Waals surface area contributed by atoms with Crippen molar-refractivity contribution in [3.05, 3.63) is 42.4 Å². The van der Waals surface area contributed by atoms with Gasteiger partial charge in [0.2, 0.25) is 0 Å². The van der Waals surface area contributed by atoms with Gasteiger partial charge >= 0.3 is 6.36 Å². The fraction of sp³-hybridized carbons (Fsp3) is 0.167. The topological polar surface area (TPSA) is 48.4 Å². The molecule has 0 atom stereocenters. The third-order valence-corrected chi connectivity index (χ3v) is 2.31. The van der Waals surface area contributed by atoms with E-state index in [1.807, 2.05) is 0 Å². The van der Waals surface area contributed by atoms with Crippen LogP contribution in [-0.2, 0) is 6.54 Å². The molecule has 0 fully saturated rings. The van der Waals surface area contributed by atoms with Crippen molar-refractivity contribution >= 4 is 0 Å². The van der Waals surface area contributed by atoms with Gasteiger partial charge in [-0.05, 0) is 23.8 Å². The highest BCUT2D eigenvalue weighted by Gasteiger charge is 2.31. The molecule has 0 spiro atoms. The van der Waals surface area contributed by atoms with Gasteiger partial charge < -0.3 is 14.9 Å². The SMILES string of the molecule is NCc1occc1-c1cccc(OC(F)(F)F)c1. The number of ether oxygens (including phenoxy) is 1. The summed E-state index contributed by atoms with van der Waals surface area (Å²) >= 11 is 0. The van der Waals surface area contributed by atoms with Crippen LogP contribution in [0.4, 0.5) is 13.2 Å². The van der Waals surface area contributed by atoms with Crippen LogP contribution in [0.15, 0.2) is 41.0 Å². The number of halogens is 3. The van der Waals surface area contributed by atoms with Crippen molar-refractivity contribution in [3.63, 3.8) is 0 Å². The average Bonchev–Trinajstić information content (AvgIpc) is 2.75. The number of furan rings is 1. The number of hydrogen-bond donors (Lipinski definition) is 1. The summed E-state index contributed by atoms with van der Waals surface area (Å²) in [7, 11) is 0. The van der Waals surface area contributed by atoms with E-state index >= 15 is 0 Å². The molecule has 0 saturated heterocycles. The van der Waals surface area contributed by atoms with Crippen LogP contribution in [0.3, 0.4) is 0 Å². The molecule has 6 heteroatoms. The summed E-state index contributed by atoms with van der Waals surface area (Å²) < 4.78 is 45.3. The van der Waals surface area contributed by atoms with Crippen molar-refractivity contribution in [1.82, 2.24) is 0 Å². The van der Waals surface area contributed by atoms with Crippen LogP contribution in [0, 0.1) is 0 Å². The van der Waals surface area contributed by atoms with Crippen LogP contribution in [0.1, 0.15) is 5.76 Å². The molecule has 0 unspecified atom stereocenters. The second kappa shape index (κ2) is 4.73. The molecule has 1 aromatic heterocycles. The van der Waals surface area contributed by atoms with Gasteiger partial charge in [-0.3, -0.25) is 0 Å². The fourth-order valence-corrected chi connectivity index (χ4v) is 1.62. The predicted molar refractivity (Wildman–Crippen MR) is 58.7 cm³/mol. The molecule has 0 bridgehead atoms. The zero-order valence-electron chi connectivity index (χ0n) is 9.20. The Morgan fingerprint density at radius 1 is 1.22 bits per heavy atom. The molecule has 0 amide bonds. The number of nitrogens with two attached hydrogens (primary N) is 1. The minimum atomic E-state index is -4.70. The van der Waals surface area contributed by atoms with E-state index in [-0.39, 0.29) is 12.3 Å². The molecule has 0 aliphatic rings. The van der Waals surface area contributed by atoms with Gasteiger partial charge in [0.05, 0.1) is 12.8 Å². The lowest BCUT2D eigenvalue weighted by Crippen LogP contribution is -2.17. The highest BCUT2D eigenvalue weighted by atomic mass is 19.4. The van der Waals surface area contributed by atoms with Gasteiger partial charge in [-0.2, -0.15) is 0 Å². The number of hydrogen-bond acceptors (Lipinski definition) is 3. The maximum Gasteiger partial charge on any atom is 0.573 e. The van der Waals surface area contributed by atoms with Gasteiger partial charge in [-0.15, -0.1) is 13.2 Å². The second-order valence-electron chi connectivity index (χ2n) is 3.54. The highest BCUT2D eigenvalue weighted by Crippen LogP contribution is 2.30. The smallest absolute Gasteiger partial charge is 0.467 e. The van der Waals surface area contributed by atoms with E-state index in [0.717, 1.165) is 0 Å². The van der Waals surface area contributed by atoms with Gasteiger partial charge in [0, 0.05) is 5.56 Å². The van der Waals surface area contributed by atoms with Crippen LogP contribution < -0.4 is 10.5 Å². The summed E-state index contributed by atoms with van der Waals surface area (Å²) in [6.45, 7) is 0.173. The maximum absolute atomic E-state index is 12.1. The van der Waals surface area contributed by atoms with Gasteiger partial charge in [-0.25, -0.2) is 0 Å². The Morgan fingerprint density at radius 2 is 2.00 bits per heavy atom. The molecule has 0 aliphatic heterocycles. The van der Waals surface area contributed by atoms with Crippen molar-refractivity contribution in [2.24, 2.45) is 5.73 Å². The van der Waals surface area contributed by atoms with Gasteiger partial charge in [0.25, 0.3) is 0 Å². The molecule has 0 aliphatic carbocycles. The zero-order chi connectivity index (χ0) is 13.2. The van der Waals surface area contributed by atoms with Crippen molar-refractivity contribution in [2.45, 2.75) is 12.9 Å². The minimum Gasteiger partial charge on any atom is -0.467 e. The normalized spacial score (nSPS) is 11.6. The van der Waals surface area contributed by atoms with E-state index in [2.05, 4.69) is 4.74 Å². The minimum absolute atomic E-state index is 0.173. The van der Waals surface area contributed by atoms with E-state index in [4.69, 9.17) is 10.2 Å². The van der Waals surface area contributed by atoms with Gasteiger partial charge in [-0.1, -0.05) is 12.1 Å². The largest absolute Gasteiger partial charge is 0.573 e. The van der Waals surface area contributed by atoms with Crippen molar-refractivity contribution in [1.29, 1.82) is 0 Å². The molecule has 2 aromatic rings. The maximum atomic E-state index is 12.1. The van der Waals surface area contributed by atoms with Crippen molar-refractivity contribution in [3.8, 4) is 16.9 Å². The number of benzene rings is 1. The van der Waals surface area contributed by atoms with E-state index in [9.17, 15) is 13.2 Å². The first-order chi connectivity index (χ1) is 8.49. The van der Waals surface area contributed by atoms with E-state index < -0.39 is 6.36 Å². The summed E-state index contributed by atoms with van der Waals surface area (Å²) in [5.74, 6) is 0.239. The molecular weight excluding hydrogens is 247 g/mol. The lowest BCUT2D eigenvalue weighted by Gasteiger charge is -2.09. The Morgan fingerprint density at radius 3 is 2.67 bits per heavy atom. The van der Waals surface area contributed by atoms with E-state index in [0.29, 0.717) is 16.9 Å². The first-order valence-electron chi connectivity index (χ1n) is 5.12. The molecule has 0 radical (unpaired) electrons. The molecular formula is C12H10F3NO2. The summed E-state index contributed by atoms with van der Waals surface area (Å²) in [4.78, 5) is 0. The second-order valence-corrected chi connectivity index (χ2v) is 3.54. The van der Waals surface area contributed by atoms with E-state index in [1.54, 1.807) is 12.1 Å².